The molecule has 6 rings (SSSR count). The number of rotatable bonds is 7. The molecule has 2 saturated carbocycles. The highest BCUT2D eigenvalue weighted by molar-refractivity contribution is 7.91. The van der Waals surface area contributed by atoms with E-state index < -0.39 is 68.6 Å². The van der Waals surface area contributed by atoms with Gasteiger partial charge in [-0.2, -0.15) is 0 Å². The molecular formula is C36H50FN5O7S. The van der Waals surface area contributed by atoms with Crippen LogP contribution in [0.25, 0.3) is 0 Å². The molecule has 3 N–H and O–H groups in total. The third-order valence-electron chi connectivity index (χ3n) is 10.6. The quantitative estimate of drug-likeness (QED) is 0.362. The molecule has 50 heavy (non-hydrogen) atoms. The van der Waals surface area contributed by atoms with Crippen LogP contribution in [0.2, 0.25) is 0 Å². The third kappa shape index (κ3) is 8.17. The van der Waals surface area contributed by atoms with Crippen molar-refractivity contribution in [2.45, 2.75) is 127 Å². The van der Waals surface area contributed by atoms with Gasteiger partial charge in [-0.1, -0.05) is 57.9 Å². The molecule has 3 fully saturated rings. The second kappa shape index (κ2) is 14.2. The van der Waals surface area contributed by atoms with E-state index in [1.165, 1.54) is 15.9 Å². The second-order valence-electron chi connectivity index (χ2n) is 15.8. The standard InChI is InChI=1S/C36H50FN5O7S/c1-35(2,3)16-17-38-29-13-8-6-4-5-7-11-24-19-36(24,33(45)40-50(47,48)26-14-15-26)39-31(43)30-18-25(21-42(30)32(29)44)49-34(46)41-20-23-10-9-12-28(37)27(23)22-41/h7,9-12,24-26,29-30,38H,4-6,8,13-22H2,1-3H3,(H,39,43)(H,40,45)/t24-,25-,29+,30+,36-/m1/s1. The van der Waals surface area contributed by atoms with Crippen LogP contribution in [0, 0.1) is 17.2 Å². The Balaban J connectivity index is 1.23. The summed E-state index contributed by atoms with van der Waals surface area (Å²) in [5.74, 6) is -2.48. The first-order chi connectivity index (χ1) is 23.7. The summed E-state index contributed by atoms with van der Waals surface area (Å²) in [6.45, 7) is 7.17. The van der Waals surface area contributed by atoms with E-state index in [2.05, 4.69) is 36.1 Å². The highest BCUT2D eigenvalue weighted by atomic mass is 32.2. The number of allylic oxidation sites excluding steroid dienone is 1. The van der Waals surface area contributed by atoms with Crippen LogP contribution >= 0.6 is 0 Å². The minimum absolute atomic E-state index is 0.00818. The molecule has 4 amide bonds. The maximum Gasteiger partial charge on any atom is 0.410 e. The average Bonchev–Trinajstić information content (AvgIpc) is 3.93. The summed E-state index contributed by atoms with van der Waals surface area (Å²) in [4.78, 5) is 58.3. The molecule has 1 aromatic rings. The number of carbonyl (C=O) groups excluding carboxylic acids is 4. The number of nitrogens with one attached hydrogen (secondary N) is 3. The number of halogens is 1. The first-order valence-electron chi connectivity index (χ1n) is 18.0. The van der Waals surface area contributed by atoms with Crippen LogP contribution in [0.15, 0.2) is 30.4 Å². The summed E-state index contributed by atoms with van der Waals surface area (Å²) < 4.78 is 48.0. The zero-order valence-corrected chi connectivity index (χ0v) is 30.0. The molecule has 1 aromatic carbocycles. The number of benzene rings is 1. The van der Waals surface area contributed by atoms with Crippen LogP contribution in [-0.2, 0) is 42.2 Å². The highest BCUT2D eigenvalue weighted by Crippen LogP contribution is 2.46. The molecule has 0 bridgehead atoms. The molecule has 5 atom stereocenters. The lowest BCUT2D eigenvalue weighted by Gasteiger charge is -2.30. The third-order valence-corrected chi connectivity index (χ3v) is 12.4. The average molecular weight is 716 g/mol. The number of amides is 4. The van der Waals surface area contributed by atoms with Gasteiger partial charge in [-0.3, -0.25) is 24.0 Å². The molecular weight excluding hydrogens is 665 g/mol. The van der Waals surface area contributed by atoms with Crippen LogP contribution < -0.4 is 15.4 Å². The van der Waals surface area contributed by atoms with Crippen molar-refractivity contribution in [1.82, 2.24) is 25.2 Å². The molecule has 0 radical (unpaired) electrons. The Hall–Kier alpha value is -3.52. The molecule has 2 aliphatic carbocycles. The number of carbonyl (C=O) groups is 4. The topological polar surface area (TPSA) is 154 Å². The van der Waals surface area contributed by atoms with E-state index in [-0.39, 0.29) is 43.8 Å². The normalized spacial score (nSPS) is 28.9. The zero-order chi connectivity index (χ0) is 35.8. The van der Waals surface area contributed by atoms with Gasteiger partial charge >= 0.3 is 6.09 Å². The lowest BCUT2D eigenvalue weighted by molar-refractivity contribution is -0.141. The van der Waals surface area contributed by atoms with Crippen LogP contribution in [0.1, 0.15) is 96.1 Å². The lowest BCUT2D eigenvalue weighted by Crippen LogP contribution is -2.58. The van der Waals surface area contributed by atoms with Gasteiger partial charge in [0.25, 0.3) is 5.91 Å². The van der Waals surface area contributed by atoms with E-state index in [1.807, 2.05) is 12.2 Å². The van der Waals surface area contributed by atoms with Gasteiger partial charge in [0, 0.05) is 24.4 Å². The molecule has 274 valence electrons. The summed E-state index contributed by atoms with van der Waals surface area (Å²) in [6, 6.07) is 3.06. The largest absolute Gasteiger partial charge is 0.444 e. The van der Waals surface area contributed by atoms with Gasteiger partial charge in [-0.25, -0.2) is 17.6 Å². The Morgan fingerprint density at radius 1 is 1.10 bits per heavy atom. The first kappa shape index (κ1) is 36.3. The van der Waals surface area contributed by atoms with Crippen LogP contribution in [0.3, 0.4) is 0 Å². The molecule has 5 aliphatic rings. The van der Waals surface area contributed by atoms with E-state index in [1.54, 1.807) is 12.1 Å². The monoisotopic (exact) mass is 715 g/mol. The predicted octanol–water partition coefficient (Wildman–Crippen LogP) is 3.65. The van der Waals surface area contributed by atoms with Gasteiger partial charge in [-0.05, 0) is 68.5 Å². The fourth-order valence-corrected chi connectivity index (χ4v) is 8.62. The second-order valence-corrected chi connectivity index (χ2v) is 17.8. The summed E-state index contributed by atoms with van der Waals surface area (Å²) in [5.41, 5.74) is -0.310. The van der Waals surface area contributed by atoms with Crippen molar-refractivity contribution in [2.24, 2.45) is 11.3 Å². The number of sulfonamides is 1. The van der Waals surface area contributed by atoms with Gasteiger partial charge in [0.05, 0.1) is 24.4 Å². The molecule has 14 heteroatoms. The summed E-state index contributed by atoms with van der Waals surface area (Å²) >= 11 is 0. The molecule has 0 aromatic heterocycles. The minimum atomic E-state index is -3.87. The number of hydrogen-bond donors (Lipinski definition) is 3. The summed E-state index contributed by atoms with van der Waals surface area (Å²) in [6.07, 6.45) is 8.22. The van der Waals surface area contributed by atoms with Gasteiger partial charge in [-0.15, -0.1) is 0 Å². The number of nitrogens with zero attached hydrogens (tertiary/aromatic N) is 2. The lowest BCUT2D eigenvalue weighted by atomic mass is 9.92. The number of ether oxygens (including phenoxy) is 1. The van der Waals surface area contributed by atoms with Crippen molar-refractivity contribution in [1.29, 1.82) is 0 Å². The predicted molar refractivity (Wildman–Crippen MR) is 183 cm³/mol. The van der Waals surface area contributed by atoms with Crippen LogP contribution in [0.4, 0.5) is 9.18 Å². The van der Waals surface area contributed by atoms with Crippen molar-refractivity contribution in [3.8, 4) is 0 Å². The molecule has 12 nitrogen and oxygen atoms in total. The maximum absolute atomic E-state index is 14.4. The fraction of sp³-hybridized carbons (Fsp3) is 0.667. The number of fused-ring (bicyclic) bond motifs is 3. The molecule has 0 spiro atoms. The van der Waals surface area contributed by atoms with E-state index in [9.17, 15) is 32.0 Å². The van der Waals surface area contributed by atoms with Crippen LogP contribution in [0.5, 0.6) is 0 Å². The van der Waals surface area contributed by atoms with Gasteiger partial charge in [0.2, 0.25) is 21.8 Å². The van der Waals surface area contributed by atoms with E-state index in [4.69, 9.17) is 4.74 Å². The van der Waals surface area contributed by atoms with Crippen molar-refractivity contribution in [3.63, 3.8) is 0 Å². The van der Waals surface area contributed by atoms with Crippen molar-refractivity contribution >= 4 is 33.8 Å². The maximum atomic E-state index is 14.4. The van der Waals surface area contributed by atoms with Crippen molar-refractivity contribution in [2.75, 3.05) is 13.1 Å². The molecule has 3 heterocycles. The van der Waals surface area contributed by atoms with Gasteiger partial charge in [0.15, 0.2) is 0 Å². The highest BCUT2D eigenvalue weighted by Gasteiger charge is 2.62. The number of hydrogen-bond acceptors (Lipinski definition) is 8. The summed E-state index contributed by atoms with van der Waals surface area (Å²) in [5, 5.41) is 5.68. The van der Waals surface area contributed by atoms with Crippen LogP contribution in [-0.4, -0.2) is 84.1 Å². The Morgan fingerprint density at radius 3 is 2.60 bits per heavy atom. The van der Waals surface area contributed by atoms with Gasteiger partial charge < -0.3 is 20.3 Å². The minimum Gasteiger partial charge on any atom is -0.444 e. The fourth-order valence-electron chi connectivity index (χ4n) is 7.25. The Labute approximate surface area is 294 Å². The smallest absolute Gasteiger partial charge is 0.410 e. The van der Waals surface area contributed by atoms with Gasteiger partial charge in [0.1, 0.15) is 23.5 Å². The zero-order valence-electron chi connectivity index (χ0n) is 29.2. The Kier molecular flexibility index (Phi) is 10.3. The summed E-state index contributed by atoms with van der Waals surface area (Å²) in [7, 11) is -3.87. The Morgan fingerprint density at radius 2 is 1.88 bits per heavy atom. The molecule has 3 aliphatic heterocycles. The van der Waals surface area contributed by atoms with E-state index >= 15 is 0 Å². The SMILES string of the molecule is CC(C)(C)CCN[C@H]1CCCCCC=C[C@@H]2C[C@@]2(C(=O)NS(=O)(=O)C2CC2)NC(=O)[C@@H]2C[C@@H](OC(=O)N3Cc4cccc(F)c4C3)CN2C1=O. The van der Waals surface area contributed by atoms with Crippen molar-refractivity contribution in [3.05, 3.63) is 47.3 Å². The van der Waals surface area contributed by atoms with E-state index in [0.29, 0.717) is 36.9 Å². The Bertz CT molecular complexity index is 1640. The molecule has 0 unspecified atom stereocenters. The first-order valence-corrected chi connectivity index (χ1v) is 19.5. The van der Waals surface area contributed by atoms with E-state index in [0.717, 1.165) is 32.1 Å². The molecule has 1 saturated heterocycles. The van der Waals surface area contributed by atoms with Crippen molar-refractivity contribution < 1.29 is 36.7 Å².